The van der Waals surface area contributed by atoms with Crippen molar-refractivity contribution in [2.75, 3.05) is 0 Å². The van der Waals surface area contributed by atoms with Gasteiger partial charge < -0.3 is 10.1 Å². The summed E-state index contributed by atoms with van der Waals surface area (Å²) in [5, 5.41) is 2.91. The number of aromatic nitrogens is 3. The maximum Gasteiger partial charge on any atom is 0.270 e. The number of rotatable bonds is 6. The third-order valence-corrected chi connectivity index (χ3v) is 3.54. The zero-order chi connectivity index (χ0) is 17.6. The van der Waals surface area contributed by atoms with Crippen molar-refractivity contribution >= 4 is 5.91 Å². The molecule has 0 saturated carbocycles. The van der Waals surface area contributed by atoms with E-state index in [2.05, 4.69) is 15.3 Å². The summed E-state index contributed by atoms with van der Waals surface area (Å²) in [6.07, 6.45) is 4.87. The Morgan fingerprint density at radius 1 is 1.20 bits per heavy atom. The molecule has 1 aromatic carbocycles. The van der Waals surface area contributed by atoms with Crippen LogP contribution in [0.15, 0.2) is 61.2 Å². The first-order valence-corrected chi connectivity index (χ1v) is 8.11. The number of carbonyl (C=O) groups excluding carboxylic acids is 1. The van der Waals surface area contributed by atoms with Crippen molar-refractivity contribution in [1.29, 1.82) is 0 Å². The van der Waals surface area contributed by atoms with Gasteiger partial charge in [-0.1, -0.05) is 24.3 Å². The van der Waals surface area contributed by atoms with Gasteiger partial charge in [-0.25, -0.2) is 9.97 Å². The van der Waals surface area contributed by atoms with Crippen molar-refractivity contribution in [3.8, 4) is 11.6 Å². The minimum Gasteiger partial charge on any atom is -0.475 e. The second kappa shape index (κ2) is 7.61. The first-order valence-electron chi connectivity index (χ1n) is 8.11. The van der Waals surface area contributed by atoms with Gasteiger partial charge in [-0.05, 0) is 32.0 Å². The number of ether oxygens (including phenoxy) is 1. The first kappa shape index (κ1) is 16.7. The van der Waals surface area contributed by atoms with Crippen LogP contribution in [0.5, 0.6) is 5.88 Å². The molecule has 2 heterocycles. The van der Waals surface area contributed by atoms with Crippen molar-refractivity contribution in [3.63, 3.8) is 0 Å². The molecule has 0 aliphatic carbocycles. The highest BCUT2D eigenvalue weighted by molar-refractivity contribution is 5.93. The average Bonchev–Trinajstić information content (AvgIpc) is 3.11. The van der Waals surface area contributed by atoms with Gasteiger partial charge in [0, 0.05) is 24.0 Å². The number of pyridine rings is 1. The molecule has 0 spiro atoms. The number of hydrogen-bond acceptors (Lipinski definition) is 4. The van der Waals surface area contributed by atoms with Crippen LogP contribution >= 0.6 is 0 Å². The predicted molar refractivity (Wildman–Crippen MR) is 94.7 cm³/mol. The van der Waals surface area contributed by atoms with Gasteiger partial charge in [-0.3, -0.25) is 9.36 Å². The maximum absolute atomic E-state index is 12.6. The van der Waals surface area contributed by atoms with Crippen LogP contribution in [0.2, 0.25) is 0 Å². The molecule has 25 heavy (non-hydrogen) atoms. The quantitative estimate of drug-likeness (QED) is 0.751. The third kappa shape index (κ3) is 4.03. The largest absolute Gasteiger partial charge is 0.475 e. The van der Waals surface area contributed by atoms with E-state index in [0.29, 0.717) is 18.1 Å². The molecule has 0 radical (unpaired) electrons. The van der Waals surface area contributed by atoms with E-state index in [9.17, 15) is 4.79 Å². The van der Waals surface area contributed by atoms with E-state index < -0.39 is 0 Å². The van der Waals surface area contributed by atoms with Crippen LogP contribution in [0.4, 0.5) is 0 Å². The van der Waals surface area contributed by atoms with E-state index in [1.165, 1.54) is 0 Å². The van der Waals surface area contributed by atoms with Gasteiger partial charge in [0.25, 0.3) is 5.91 Å². The van der Waals surface area contributed by atoms with Crippen LogP contribution in [-0.4, -0.2) is 26.5 Å². The standard InChI is InChI=1S/C19H20N4O2/c1-14(2)25-19-15(7-6-10-21-19)11-22-18(24)17-12-20-13-23(17)16-8-4-3-5-9-16/h3-10,12-14H,11H2,1-2H3,(H,22,24). The lowest BCUT2D eigenvalue weighted by Gasteiger charge is -2.13. The number of benzene rings is 1. The molecule has 128 valence electrons. The molecule has 0 bridgehead atoms. The van der Waals surface area contributed by atoms with Gasteiger partial charge in [0.1, 0.15) is 5.69 Å². The van der Waals surface area contributed by atoms with E-state index in [1.54, 1.807) is 23.3 Å². The Morgan fingerprint density at radius 3 is 2.76 bits per heavy atom. The van der Waals surface area contributed by atoms with Gasteiger partial charge in [-0.15, -0.1) is 0 Å². The highest BCUT2D eigenvalue weighted by atomic mass is 16.5. The van der Waals surface area contributed by atoms with Crippen LogP contribution in [0.25, 0.3) is 5.69 Å². The zero-order valence-corrected chi connectivity index (χ0v) is 14.2. The van der Waals surface area contributed by atoms with Gasteiger partial charge in [0.2, 0.25) is 5.88 Å². The molecule has 0 fully saturated rings. The lowest BCUT2D eigenvalue weighted by Crippen LogP contribution is -2.25. The summed E-state index contributed by atoms with van der Waals surface area (Å²) in [6, 6.07) is 13.3. The van der Waals surface area contributed by atoms with Crippen LogP contribution in [-0.2, 0) is 6.54 Å². The molecular weight excluding hydrogens is 316 g/mol. The van der Waals surface area contributed by atoms with Crippen molar-refractivity contribution in [1.82, 2.24) is 19.9 Å². The Hall–Kier alpha value is -3.15. The third-order valence-electron chi connectivity index (χ3n) is 3.54. The molecular formula is C19H20N4O2. The maximum atomic E-state index is 12.6. The fourth-order valence-corrected chi connectivity index (χ4v) is 2.41. The lowest BCUT2D eigenvalue weighted by molar-refractivity contribution is 0.0943. The summed E-state index contributed by atoms with van der Waals surface area (Å²) >= 11 is 0. The molecule has 3 rings (SSSR count). The molecule has 3 aromatic rings. The number of nitrogens with one attached hydrogen (secondary N) is 1. The van der Waals surface area contributed by atoms with E-state index in [0.717, 1.165) is 11.3 Å². The van der Waals surface area contributed by atoms with Gasteiger partial charge in [0.15, 0.2) is 0 Å². The molecule has 6 nitrogen and oxygen atoms in total. The zero-order valence-electron chi connectivity index (χ0n) is 14.2. The molecule has 2 aromatic heterocycles. The van der Waals surface area contributed by atoms with E-state index in [4.69, 9.17) is 4.74 Å². The number of imidazole rings is 1. The topological polar surface area (TPSA) is 69.0 Å². The average molecular weight is 336 g/mol. The van der Waals surface area contributed by atoms with Crippen molar-refractivity contribution in [2.24, 2.45) is 0 Å². The number of nitrogens with zero attached hydrogens (tertiary/aromatic N) is 3. The molecule has 0 atom stereocenters. The number of para-hydroxylation sites is 1. The fraction of sp³-hybridized carbons (Fsp3) is 0.211. The molecule has 0 aliphatic heterocycles. The van der Waals surface area contributed by atoms with Crippen LogP contribution < -0.4 is 10.1 Å². The summed E-state index contributed by atoms with van der Waals surface area (Å²) in [4.78, 5) is 20.9. The van der Waals surface area contributed by atoms with Gasteiger partial charge >= 0.3 is 0 Å². The molecule has 1 N–H and O–H groups in total. The van der Waals surface area contributed by atoms with Crippen molar-refractivity contribution in [3.05, 3.63) is 72.4 Å². The number of carbonyl (C=O) groups is 1. The highest BCUT2D eigenvalue weighted by Crippen LogP contribution is 2.16. The van der Waals surface area contributed by atoms with Gasteiger partial charge in [-0.2, -0.15) is 0 Å². The summed E-state index contributed by atoms with van der Waals surface area (Å²) in [6.45, 7) is 4.21. The summed E-state index contributed by atoms with van der Waals surface area (Å²) < 4.78 is 7.44. The van der Waals surface area contributed by atoms with E-state index in [1.807, 2.05) is 56.3 Å². The van der Waals surface area contributed by atoms with Crippen LogP contribution in [0.3, 0.4) is 0 Å². The highest BCUT2D eigenvalue weighted by Gasteiger charge is 2.14. The number of hydrogen-bond donors (Lipinski definition) is 1. The molecule has 0 unspecified atom stereocenters. The normalized spacial score (nSPS) is 10.7. The summed E-state index contributed by atoms with van der Waals surface area (Å²) in [7, 11) is 0. The summed E-state index contributed by atoms with van der Waals surface area (Å²) in [5.74, 6) is 0.329. The Morgan fingerprint density at radius 2 is 2.00 bits per heavy atom. The van der Waals surface area contributed by atoms with E-state index in [-0.39, 0.29) is 12.0 Å². The second-order valence-electron chi connectivity index (χ2n) is 5.80. The number of amides is 1. The smallest absolute Gasteiger partial charge is 0.270 e. The monoisotopic (exact) mass is 336 g/mol. The Bertz CT molecular complexity index is 843. The second-order valence-corrected chi connectivity index (χ2v) is 5.80. The lowest BCUT2D eigenvalue weighted by atomic mass is 10.2. The minimum absolute atomic E-state index is 0.0175. The minimum atomic E-state index is -0.208. The molecule has 6 heteroatoms. The predicted octanol–water partition coefficient (Wildman–Crippen LogP) is 2.98. The van der Waals surface area contributed by atoms with E-state index >= 15 is 0 Å². The Labute approximate surface area is 146 Å². The fourth-order valence-electron chi connectivity index (χ4n) is 2.41. The molecule has 1 amide bonds. The van der Waals surface area contributed by atoms with Gasteiger partial charge in [0.05, 0.1) is 18.6 Å². The molecule has 0 saturated heterocycles. The Balaban J connectivity index is 1.74. The van der Waals surface area contributed by atoms with Crippen molar-refractivity contribution < 1.29 is 9.53 Å². The summed E-state index contributed by atoms with van der Waals surface area (Å²) in [5.41, 5.74) is 2.19. The van der Waals surface area contributed by atoms with Crippen molar-refractivity contribution in [2.45, 2.75) is 26.5 Å². The Kier molecular flexibility index (Phi) is 5.09. The first-order chi connectivity index (χ1) is 12.1. The van der Waals surface area contributed by atoms with Crippen LogP contribution in [0, 0.1) is 0 Å². The van der Waals surface area contributed by atoms with Crippen LogP contribution in [0.1, 0.15) is 29.9 Å². The SMILES string of the molecule is CC(C)Oc1ncccc1CNC(=O)c1cncn1-c1ccccc1. The molecule has 0 aliphatic rings.